The van der Waals surface area contributed by atoms with Crippen LogP contribution in [-0.2, 0) is 0 Å². The molecule has 6 nitrogen and oxygen atoms in total. The second kappa shape index (κ2) is 7.42. The number of hydrogen-bond donors (Lipinski definition) is 1. The van der Waals surface area contributed by atoms with Gasteiger partial charge in [0.2, 0.25) is 0 Å². The number of nitrogens with zero attached hydrogens (tertiary/aromatic N) is 2. The molecule has 0 aliphatic rings. The largest absolute Gasteiger partial charge is 0.497 e. The predicted octanol–water partition coefficient (Wildman–Crippen LogP) is 2.52. The summed E-state index contributed by atoms with van der Waals surface area (Å²) in [5.41, 5.74) is 3.30. The Balaban J connectivity index is 2.12. The molecule has 0 bridgehead atoms. The molecule has 0 unspecified atom stereocenters. The van der Waals surface area contributed by atoms with Crippen molar-refractivity contribution in [3.8, 4) is 11.5 Å². The first-order chi connectivity index (χ1) is 10.7. The minimum atomic E-state index is -0.448. The van der Waals surface area contributed by atoms with Crippen molar-refractivity contribution >= 4 is 23.7 Å². The maximum Gasteiger partial charge on any atom is 0.274 e. The number of carbonyl (C=O) groups excluding carboxylic acids is 1. The molecule has 22 heavy (non-hydrogen) atoms. The van der Waals surface area contributed by atoms with E-state index in [1.165, 1.54) is 12.4 Å². The molecule has 0 aliphatic heterocycles. The van der Waals surface area contributed by atoms with E-state index in [2.05, 4.69) is 15.5 Å². The summed E-state index contributed by atoms with van der Waals surface area (Å²) in [6.45, 7) is 0. The van der Waals surface area contributed by atoms with Crippen LogP contribution in [0.15, 0.2) is 41.6 Å². The summed E-state index contributed by atoms with van der Waals surface area (Å²) < 4.78 is 10.4. The van der Waals surface area contributed by atoms with Gasteiger partial charge in [0.05, 0.1) is 26.0 Å². The number of amides is 1. The molecule has 114 valence electrons. The number of hydrazone groups is 1. The average Bonchev–Trinajstić information content (AvgIpc) is 2.55. The highest BCUT2D eigenvalue weighted by Gasteiger charge is 2.09. The second-order valence-corrected chi connectivity index (χ2v) is 4.51. The van der Waals surface area contributed by atoms with E-state index in [1.807, 2.05) is 0 Å². The number of rotatable bonds is 5. The Kier molecular flexibility index (Phi) is 5.32. The predicted molar refractivity (Wildman–Crippen MR) is 83.9 cm³/mol. The van der Waals surface area contributed by atoms with Gasteiger partial charge in [0.1, 0.15) is 16.7 Å². The third kappa shape index (κ3) is 3.73. The molecule has 0 spiro atoms. The number of carbonyl (C=O) groups is 1. The zero-order valence-corrected chi connectivity index (χ0v) is 12.8. The van der Waals surface area contributed by atoms with Crippen molar-refractivity contribution in [3.63, 3.8) is 0 Å². The number of methoxy groups -OCH3 is 2. The van der Waals surface area contributed by atoms with E-state index in [-0.39, 0.29) is 10.7 Å². The van der Waals surface area contributed by atoms with Crippen molar-refractivity contribution < 1.29 is 14.3 Å². The first-order valence-electron chi connectivity index (χ1n) is 6.31. The lowest BCUT2D eigenvalue weighted by molar-refractivity contribution is 0.0955. The van der Waals surface area contributed by atoms with E-state index in [0.29, 0.717) is 17.1 Å². The zero-order chi connectivity index (χ0) is 15.9. The SMILES string of the molecule is COc1ccc(OC)c(/C=N/NC(=O)c2cccnc2Cl)c1. The lowest BCUT2D eigenvalue weighted by Crippen LogP contribution is -2.18. The monoisotopic (exact) mass is 319 g/mol. The van der Waals surface area contributed by atoms with E-state index in [9.17, 15) is 4.79 Å². The quantitative estimate of drug-likeness (QED) is 0.522. The molecule has 0 saturated heterocycles. The Labute approximate surface area is 132 Å². The number of benzene rings is 1. The Hall–Kier alpha value is -2.60. The molecule has 2 aromatic rings. The van der Waals surface area contributed by atoms with E-state index in [4.69, 9.17) is 21.1 Å². The Bertz CT molecular complexity index is 704. The number of hydrogen-bond acceptors (Lipinski definition) is 5. The molecular formula is C15H14ClN3O3. The van der Waals surface area contributed by atoms with Crippen LogP contribution in [0, 0.1) is 0 Å². The Morgan fingerprint density at radius 1 is 1.32 bits per heavy atom. The van der Waals surface area contributed by atoms with Crippen LogP contribution in [-0.4, -0.2) is 31.3 Å². The lowest BCUT2D eigenvalue weighted by Gasteiger charge is -2.06. The third-order valence-corrected chi connectivity index (χ3v) is 3.11. The van der Waals surface area contributed by atoms with Crippen molar-refractivity contribution in [2.24, 2.45) is 5.10 Å². The molecule has 0 aliphatic carbocycles. The third-order valence-electron chi connectivity index (χ3n) is 2.81. The van der Waals surface area contributed by atoms with Gasteiger partial charge in [-0.15, -0.1) is 0 Å². The Morgan fingerprint density at radius 2 is 2.14 bits per heavy atom. The normalized spacial score (nSPS) is 10.5. The first kappa shape index (κ1) is 15.8. The molecule has 2 rings (SSSR count). The van der Waals surface area contributed by atoms with Crippen LogP contribution in [0.3, 0.4) is 0 Å². The van der Waals surface area contributed by atoms with Gasteiger partial charge in [-0.2, -0.15) is 5.10 Å². The van der Waals surface area contributed by atoms with Crippen molar-refractivity contribution in [2.75, 3.05) is 14.2 Å². The molecule has 0 saturated carbocycles. The fourth-order valence-electron chi connectivity index (χ4n) is 1.72. The maximum atomic E-state index is 11.9. The molecular weight excluding hydrogens is 306 g/mol. The van der Waals surface area contributed by atoms with Gasteiger partial charge in [0.25, 0.3) is 5.91 Å². The second-order valence-electron chi connectivity index (χ2n) is 4.15. The number of nitrogens with one attached hydrogen (secondary N) is 1. The van der Waals surface area contributed by atoms with Crippen molar-refractivity contribution in [3.05, 3.63) is 52.8 Å². The molecule has 0 fully saturated rings. The summed E-state index contributed by atoms with van der Waals surface area (Å²) in [6, 6.07) is 8.44. The van der Waals surface area contributed by atoms with Gasteiger partial charge < -0.3 is 9.47 Å². The van der Waals surface area contributed by atoms with Crippen LogP contribution < -0.4 is 14.9 Å². The molecule has 1 heterocycles. The fraction of sp³-hybridized carbons (Fsp3) is 0.133. The van der Waals surface area contributed by atoms with Crippen molar-refractivity contribution in [2.45, 2.75) is 0 Å². The minimum Gasteiger partial charge on any atom is -0.497 e. The van der Waals surface area contributed by atoms with E-state index >= 15 is 0 Å². The van der Waals surface area contributed by atoms with Crippen LogP contribution in [0.1, 0.15) is 15.9 Å². The summed E-state index contributed by atoms with van der Waals surface area (Å²) >= 11 is 5.84. The maximum absolute atomic E-state index is 11.9. The number of aromatic nitrogens is 1. The standard InChI is InChI=1S/C15H14ClN3O3/c1-21-11-5-6-13(22-2)10(8-11)9-18-19-15(20)12-4-3-7-17-14(12)16/h3-9H,1-2H3,(H,19,20)/b18-9+. The topological polar surface area (TPSA) is 72.8 Å². The number of halogens is 1. The fourth-order valence-corrected chi connectivity index (χ4v) is 1.92. The molecule has 7 heteroatoms. The number of pyridine rings is 1. The highest BCUT2D eigenvalue weighted by molar-refractivity contribution is 6.32. The first-order valence-corrected chi connectivity index (χ1v) is 6.69. The van der Waals surface area contributed by atoms with Crippen molar-refractivity contribution in [1.29, 1.82) is 0 Å². The smallest absolute Gasteiger partial charge is 0.274 e. The summed E-state index contributed by atoms with van der Waals surface area (Å²) in [7, 11) is 3.11. The molecule has 1 N–H and O–H groups in total. The van der Waals surface area contributed by atoms with Gasteiger partial charge in [-0.05, 0) is 30.3 Å². The van der Waals surface area contributed by atoms with E-state index in [1.54, 1.807) is 44.6 Å². The van der Waals surface area contributed by atoms with E-state index < -0.39 is 5.91 Å². The van der Waals surface area contributed by atoms with Gasteiger partial charge in [0, 0.05) is 11.8 Å². The van der Waals surface area contributed by atoms with Crippen LogP contribution >= 0.6 is 11.6 Å². The van der Waals surface area contributed by atoms with Crippen LogP contribution in [0.2, 0.25) is 5.15 Å². The van der Waals surface area contributed by atoms with Gasteiger partial charge in [-0.1, -0.05) is 11.6 Å². The van der Waals surface area contributed by atoms with Crippen LogP contribution in [0.4, 0.5) is 0 Å². The highest BCUT2D eigenvalue weighted by atomic mass is 35.5. The number of ether oxygens (including phenoxy) is 2. The molecule has 0 radical (unpaired) electrons. The summed E-state index contributed by atoms with van der Waals surface area (Å²) in [5.74, 6) is 0.818. The molecule has 1 aromatic carbocycles. The summed E-state index contributed by atoms with van der Waals surface area (Å²) in [4.78, 5) is 15.8. The van der Waals surface area contributed by atoms with E-state index in [0.717, 1.165) is 0 Å². The van der Waals surface area contributed by atoms with Gasteiger partial charge in [-0.3, -0.25) is 4.79 Å². The minimum absolute atomic E-state index is 0.120. The van der Waals surface area contributed by atoms with Gasteiger partial charge in [0.15, 0.2) is 0 Å². The molecule has 0 atom stereocenters. The van der Waals surface area contributed by atoms with Crippen LogP contribution in [0.5, 0.6) is 11.5 Å². The zero-order valence-electron chi connectivity index (χ0n) is 12.0. The van der Waals surface area contributed by atoms with Crippen molar-refractivity contribution in [1.82, 2.24) is 10.4 Å². The molecule has 1 aromatic heterocycles. The van der Waals surface area contributed by atoms with Crippen LogP contribution in [0.25, 0.3) is 0 Å². The Morgan fingerprint density at radius 3 is 2.82 bits per heavy atom. The lowest BCUT2D eigenvalue weighted by atomic mass is 10.2. The summed E-state index contributed by atoms with van der Waals surface area (Å²) in [5, 5.41) is 4.02. The van der Waals surface area contributed by atoms with Gasteiger partial charge >= 0.3 is 0 Å². The molecule has 1 amide bonds. The van der Waals surface area contributed by atoms with Gasteiger partial charge in [-0.25, -0.2) is 10.4 Å². The highest BCUT2D eigenvalue weighted by Crippen LogP contribution is 2.22. The average molecular weight is 320 g/mol. The summed E-state index contributed by atoms with van der Waals surface area (Å²) in [6.07, 6.45) is 2.97.